The lowest BCUT2D eigenvalue weighted by molar-refractivity contribution is -0.145. The molecular weight excluding hydrogens is 236 g/mol. The molecule has 0 aromatic rings. The van der Waals surface area contributed by atoms with Gasteiger partial charge in [-0.2, -0.15) is 0 Å². The van der Waals surface area contributed by atoms with Crippen LogP contribution in [0, 0.1) is 0 Å². The fourth-order valence-electron chi connectivity index (χ4n) is 1.65. The van der Waals surface area contributed by atoms with Crippen LogP contribution in [-0.2, 0) is 14.3 Å². The van der Waals surface area contributed by atoms with Crippen LogP contribution in [0.5, 0.6) is 0 Å². The lowest BCUT2D eigenvalue weighted by Crippen LogP contribution is -2.60. The number of hydrogen-bond acceptors (Lipinski definition) is 5. The van der Waals surface area contributed by atoms with Gasteiger partial charge < -0.3 is 14.8 Å². The molecule has 104 valence electrons. The van der Waals surface area contributed by atoms with Crippen LogP contribution in [0.15, 0.2) is 0 Å². The van der Waals surface area contributed by atoms with Crippen molar-refractivity contribution in [3.05, 3.63) is 0 Å². The van der Waals surface area contributed by atoms with Crippen molar-refractivity contribution in [1.29, 1.82) is 0 Å². The van der Waals surface area contributed by atoms with Crippen molar-refractivity contribution in [2.45, 2.75) is 39.3 Å². The first kappa shape index (κ1) is 14.8. The second kappa shape index (κ2) is 6.04. The van der Waals surface area contributed by atoms with E-state index in [1.807, 2.05) is 25.7 Å². The summed E-state index contributed by atoms with van der Waals surface area (Å²) in [6.07, 6.45) is -0.414. The fraction of sp³-hybridized carbons (Fsp3) is 0.833. The highest BCUT2D eigenvalue weighted by Gasteiger charge is 2.30. The number of carbonyl (C=O) groups is 2. The number of carbonyl (C=O) groups excluding carboxylic acids is 2. The molecule has 0 bridgehead atoms. The summed E-state index contributed by atoms with van der Waals surface area (Å²) >= 11 is 0. The Morgan fingerprint density at radius 2 is 1.94 bits per heavy atom. The summed E-state index contributed by atoms with van der Waals surface area (Å²) in [5, 5.41) is 2.75. The largest absolute Gasteiger partial charge is 0.465 e. The maximum absolute atomic E-state index is 11.4. The second-order valence-electron chi connectivity index (χ2n) is 5.34. The van der Waals surface area contributed by atoms with Crippen LogP contribution in [-0.4, -0.2) is 54.8 Å². The SMILES string of the molecule is CCOC(=O)CN1CC(NC(=O)OC(C)(C)C)C1. The van der Waals surface area contributed by atoms with Gasteiger partial charge in [0.25, 0.3) is 0 Å². The number of nitrogens with zero attached hydrogens (tertiary/aromatic N) is 1. The van der Waals surface area contributed by atoms with Crippen LogP contribution in [0.3, 0.4) is 0 Å². The minimum absolute atomic E-state index is 0.0503. The zero-order valence-corrected chi connectivity index (χ0v) is 11.5. The lowest BCUT2D eigenvalue weighted by Gasteiger charge is -2.38. The summed E-state index contributed by atoms with van der Waals surface area (Å²) < 4.78 is 9.98. The topological polar surface area (TPSA) is 67.9 Å². The molecule has 0 aromatic carbocycles. The zero-order chi connectivity index (χ0) is 13.8. The number of ether oxygens (including phenoxy) is 2. The molecule has 0 atom stereocenters. The summed E-state index contributed by atoms with van der Waals surface area (Å²) in [6, 6.07) is 0.0503. The molecule has 1 N–H and O–H groups in total. The van der Waals surface area contributed by atoms with Crippen LogP contribution in [0.25, 0.3) is 0 Å². The van der Waals surface area contributed by atoms with E-state index in [4.69, 9.17) is 9.47 Å². The molecule has 18 heavy (non-hydrogen) atoms. The van der Waals surface area contributed by atoms with Gasteiger partial charge in [-0.1, -0.05) is 0 Å². The van der Waals surface area contributed by atoms with Crippen molar-refractivity contribution in [3.63, 3.8) is 0 Å². The van der Waals surface area contributed by atoms with Gasteiger partial charge in [0.1, 0.15) is 5.60 Å². The fourth-order valence-corrected chi connectivity index (χ4v) is 1.65. The van der Waals surface area contributed by atoms with Crippen LogP contribution < -0.4 is 5.32 Å². The van der Waals surface area contributed by atoms with E-state index in [1.165, 1.54) is 0 Å². The molecule has 0 unspecified atom stereocenters. The Morgan fingerprint density at radius 3 is 2.44 bits per heavy atom. The van der Waals surface area contributed by atoms with E-state index in [9.17, 15) is 9.59 Å². The molecule has 0 aliphatic carbocycles. The first-order chi connectivity index (χ1) is 8.30. The van der Waals surface area contributed by atoms with E-state index in [1.54, 1.807) is 6.92 Å². The summed E-state index contributed by atoms with van der Waals surface area (Å²) in [6.45, 7) is 9.21. The van der Waals surface area contributed by atoms with E-state index in [-0.39, 0.29) is 18.6 Å². The van der Waals surface area contributed by atoms with Crippen molar-refractivity contribution in [2.24, 2.45) is 0 Å². The Morgan fingerprint density at radius 1 is 1.33 bits per heavy atom. The standard InChI is InChI=1S/C12H22N2O4/c1-5-17-10(15)8-14-6-9(7-14)13-11(16)18-12(2,3)4/h9H,5-8H2,1-4H3,(H,13,16). The third-order valence-electron chi connectivity index (χ3n) is 2.34. The van der Waals surface area contributed by atoms with E-state index in [2.05, 4.69) is 5.32 Å². The predicted molar refractivity (Wildman–Crippen MR) is 66.2 cm³/mol. The second-order valence-corrected chi connectivity index (χ2v) is 5.34. The van der Waals surface area contributed by atoms with Gasteiger partial charge in [-0.05, 0) is 27.7 Å². The lowest BCUT2D eigenvalue weighted by atomic mass is 10.1. The summed E-state index contributed by atoms with van der Waals surface area (Å²) in [4.78, 5) is 24.6. The number of esters is 1. The van der Waals surface area contributed by atoms with Gasteiger partial charge >= 0.3 is 12.1 Å². The Bertz CT molecular complexity index is 306. The molecule has 1 aliphatic rings. The molecule has 6 heteroatoms. The molecular formula is C12H22N2O4. The minimum Gasteiger partial charge on any atom is -0.465 e. The predicted octanol–water partition coefficient (Wildman–Crippen LogP) is 0.758. The molecule has 0 spiro atoms. The Balaban J connectivity index is 2.15. The van der Waals surface area contributed by atoms with Gasteiger partial charge in [-0.3, -0.25) is 9.69 Å². The third-order valence-corrected chi connectivity index (χ3v) is 2.34. The minimum atomic E-state index is -0.488. The molecule has 0 saturated carbocycles. The third kappa shape index (κ3) is 5.35. The summed E-state index contributed by atoms with van der Waals surface area (Å²) in [5.41, 5.74) is -0.488. The molecule has 1 heterocycles. The van der Waals surface area contributed by atoms with E-state index >= 15 is 0 Å². The molecule has 1 aliphatic heterocycles. The first-order valence-corrected chi connectivity index (χ1v) is 6.17. The summed E-state index contributed by atoms with van der Waals surface area (Å²) in [5.74, 6) is -0.229. The highest BCUT2D eigenvalue weighted by atomic mass is 16.6. The Hall–Kier alpha value is -1.30. The van der Waals surface area contributed by atoms with Crippen LogP contribution in [0.1, 0.15) is 27.7 Å². The first-order valence-electron chi connectivity index (χ1n) is 6.17. The van der Waals surface area contributed by atoms with Crippen LogP contribution >= 0.6 is 0 Å². The van der Waals surface area contributed by atoms with Crippen molar-refractivity contribution < 1.29 is 19.1 Å². The van der Waals surface area contributed by atoms with Crippen molar-refractivity contribution in [1.82, 2.24) is 10.2 Å². The number of rotatable bonds is 4. The zero-order valence-electron chi connectivity index (χ0n) is 11.5. The van der Waals surface area contributed by atoms with E-state index < -0.39 is 11.7 Å². The monoisotopic (exact) mass is 258 g/mol. The highest BCUT2D eigenvalue weighted by molar-refractivity contribution is 5.72. The Kier molecular flexibility index (Phi) is 4.95. The highest BCUT2D eigenvalue weighted by Crippen LogP contribution is 2.10. The summed E-state index contributed by atoms with van der Waals surface area (Å²) in [7, 11) is 0. The van der Waals surface area contributed by atoms with Crippen LogP contribution in [0.2, 0.25) is 0 Å². The van der Waals surface area contributed by atoms with E-state index in [0.717, 1.165) is 0 Å². The van der Waals surface area contributed by atoms with Crippen LogP contribution in [0.4, 0.5) is 4.79 Å². The molecule has 1 fully saturated rings. The number of nitrogens with one attached hydrogen (secondary N) is 1. The number of amides is 1. The number of alkyl carbamates (subject to hydrolysis) is 1. The molecule has 0 aromatic heterocycles. The van der Waals surface area contributed by atoms with Gasteiger partial charge in [-0.15, -0.1) is 0 Å². The Labute approximate surface area is 108 Å². The van der Waals surface area contributed by atoms with Gasteiger partial charge in [-0.25, -0.2) is 4.79 Å². The molecule has 0 radical (unpaired) electrons. The van der Waals surface area contributed by atoms with Crippen molar-refractivity contribution >= 4 is 12.1 Å². The molecule has 1 rings (SSSR count). The average molecular weight is 258 g/mol. The molecule has 1 saturated heterocycles. The van der Waals surface area contributed by atoms with Gasteiger partial charge in [0.15, 0.2) is 0 Å². The van der Waals surface area contributed by atoms with Gasteiger partial charge in [0, 0.05) is 13.1 Å². The molecule has 1 amide bonds. The quantitative estimate of drug-likeness (QED) is 0.754. The normalized spacial score (nSPS) is 16.9. The molecule has 6 nitrogen and oxygen atoms in total. The smallest absolute Gasteiger partial charge is 0.407 e. The van der Waals surface area contributed by atoms with E-state index in [0.29, 0.717) is 19.7 Å². The van der Waals surface area contributed by atoms with Crippen molar-refractivity contribution in [3.8, 4) is 0 Å². The number of likely N-dealkylation sites (tertiary alicyclic amines) is 1. The maximum atomic E-state index is 11.4. The maximum Gasteiger partial charge on any atom is 0.407 e. The average Bonchev–Trinajstić information content (AvgIpc) is 2.11. The van der Waals surface area contributed by atoms with Gasteiger partial charge in [0.2, 0.25) is 0 Å². The van der Waals surface area contributed by atoms with Crippen molar-refractivity contribution in [2.75, 3.05) is 26.2 Å². The number of hydrogen-bond donors (Lipinski definition) is 1. The van der Waals surface area contributed by atoms with Gasteiger partial charge in [0.05, 0.1) is 19.2 Å².